The molecule has 2 aromatic rings. The molecule has 0 aliphatic carbocycles. The van der Waals surface area contributed by atoms with Crippen LogP contribution in [0.5, 0.6) is 0 Å². The minimum atomic E-state index is 0.488. The highest BCUT2D eigenvalue weighted by atomic mass is 79.9. The molecule has 0 bridgehead atoms. The summed E-state index contributed by atoms with van der Waals surface area (Å²) in [6, 6.07) is 6.19. The minimum Gasteiger partial charge on any atom is -0.319 e. The summed E-state index contributed by atoms with van der Waals surface area (Å²) in [5.74, 6) is 2.68. The Morgan fingerprint density at radius 1 is 1.45 bits per heavy atom. The number of hydrogen-bond acceptors (Lipinski definition) is 4. The average molecular weight is 420 g/mol. The molecular formula is C16H20BrClN2S2. The smallest absolute Gasteiger partial charge is 0.0979 e. The van der Waals surface area contributed by atoms with Gasteiger partial charge in [0.15, 0.2) is 0 Å². The van der Waals surface area contributed by atoms with Gasteiger partial charge in [0, 0.05) is 33.8 Å². The van der Waals surface area contributed by atoms with E-state index in [4.69, 9.17) is 11.6 Å². The highest BCUT2D eigenvalue weighted by Crippen LogP contribution is 2.26. The summed E-state index contributed by atoms with van der Waals surface area (Å²) in [6.45, 7) is 3.09. The second-order valence-electron chi connectivity index (χ2n) is 5.14. The van der Waals surface area contributed by atoms with Gasteiger partial charge in [-0.3, -0.25) is 0 Å². The second-order valence-corrected chi connectivity index (χ2v) is 8.81. The minimum absolute atomic E-state index is 0.488. The topological polar surface area (TPSA) is 24.9 Å². The Bertz CT molecular complexity index is 604. The summed E-state index contributed by atoms with van der Waals surface area (Å²) >= 11 is 13.3. The lowest BCUT2D eigenvalue weighted by Crippen LogP contribution is -2.19. The van der Waals surface area contributed by atoms with Crippen LogP contribution in [0, 0.1) is 6.92 Å². The SMILES string of the molecule is CNCC(CSCCc1ccc(Br)c(Cl)c1)c1ncc(C)s1. The van der Waals surface area contributed by atoms with E-state index in [0.29, 0.717) is 5.92 Å². The Balaban J connectivity index is 1.81. The molecule has 120 valence electrons. The lowest BCUT2D eigenvalue weighted by Gasteiger charge is -2.13. The van der Waals surface area contributed by atoms with E-state index in [2.05, 4.69) is 39.2 Å². The Morgan fingerprint density at radius 3 is 2.91 bits per heavy atom. The average Bonchev–Trinajstić information content (AvgIpc) is 2.92. The van der Waals surface area contributed by atoms with Crippen LogP contribution in [0.1, 0.15) is 21.4 Å². The quantitative estimate of drug-likeness (QED) is 0.599. The van der Waals surface area contributed by atoms with Gasteiger partial charge in [-0.25, -0.2) is 4.98 Å². The molecule has 2 rings (SSSR count). The summed E-state index contributed by atoms with van der Waals surface area (Å²) in [5.41, 5.74) is 1.29. The van der Waals surface area contributed by atoms with E-state index in [-0.39, 0.29) is 0 Å². The number of aryl methyl sites for hydroxylation is 2. The summed E-state index contributed by atoms with van der Waals surface area (Å²) in [4.78, 5) is 5.82. The van der Waals surface area contributed by atoms with Crippen molar-refractivity contribution in [2.75, 3.05) is 25.1 Å². The molecule has 6 heteroatoms. The first-order valence-corrected chi connectivity index (χ1v) is 10.3. The van der Waals surface area contributed by atoms with Gasteiger partial charge in [-0.2, -0.15) is 11.8 Å². The van der Waals surface area contributed by atoms with Gasteiger partial charge in [0.25, 0.3) is 0 Å². The number of hydrogen-bond donors (Lipinski definition) is 1. The van der Waals surface area contributed by atoms with Crippen LogP contribution in [0.2, 0.25) is 5.02 Å². The molecule has 1 heterocycles. The van der Waals surface area contributed by atoms with Crippen molar-refractivity contribution in [3.8, 4) is 0 Å². The van der Waals surface area contributed by atoms with Gasteiger partial charge < -0.3 is 5.32 Å². The number of nitrogens with zero attached hydrogens (tertiary/aromatic N) is 1. The first-order valence-electron chi connectivity index (χ1n) is 7.18. The van der Waals surface area contributed by atoms with Crippen molar-refractivity contribution in [1.29, 1.82) is 0 Å². The maximum atomic E-state index is 6.13. The van der Waals surface area contributed by atoms with E-state index in [1.165, 1.54) is 15.4 Å². The van der Waals surface area contributed by atoms with Crippen LogP contribution in [0.3, 0.4) is 0 Å². The first-order chi connectivity index (χ1) is 10.6. The van der Waals surface area contributed by atoms with Crippen molar-refractivity contribution in [2.24, 2.45) is 0 Å². The zero-order chi connectivity index (χ0) is 15.9. The number of aromatic nitrogens is 1. The molecule has 1 unspecified atom stereocenters. The molecule has 0 fully saturated rings. The summed E-state index contributed by atoms with van der Waals surface area (Å²) < 4.78 is 0.957. The molecule has 1 aromatic carbocycles. The lowest BCUT2D eigenvalue weighted by atomic mass is 10.2. The van der Waals surface area contributed by atoms with E-state index in [1.807, 2.05) is 37.1 Å². The van der Waals surface area contributed by atoms with Gasteiger partial charge >= 0.3 is 0 Å². The molecule has 1 aromatic heterocycles. The molecule has 0 radical (unpaired) electrons. The molecule has 0 spiro atoms. The van der Waals surface area contributed by atoms with Crippen LogP contribution >= 0.6 is 50.6 Å². The highest BCUT2D eigenvalue weighted by molar-refractivity contribution is 9.10. The van der Waals surface area contributed by atoms with Crippen LogP contribution in [-0.4, -0.2) is 30.1 Å². The van der Waals surface area contributed by atoms with Gasteiger partial charge in [-0.1, -0.05) is 17.7 Å². The molecular weight excluding hydrogens is 400 g/mol. The standard InChI is InChI=1S/C16H20BrClN2S2/c1-11-8-20-16(22-11)13(9-19-2)10-21-6-5-12-3-4-14(17)15(18)7-12/h3-4,7-8,13,19H,5-6,9-10H2,1-2H3. The molecule has 1 N–H and O–H groups in total. The van der Waals surface area contributed by atoms with E-state index in [1.54, 1.807) is 11.3 Å². The number of halogens is 2. The Morgan fingerprint density at radius 2 is 2.27 bits per heavy atom. The maximum Gasteiger partial charge on any atom is 0.0979 e. The summed E-state index contributed by atoms with van der Waals surface area (Å²) in [6.07, 6.45) is 3.01. The van der Waals surface area contributed by atoms with Crippen LogP contribution in [0.4, 0.5) is 0 Å². The van der Waals surface area contributed by atoms with E-state index >= 15 is 0 Å². The van der Waals surface area contributed by atoms with Crippen LogP contribution < -0.4 is 5.32 Å². The predicted molar refractivity (Wildman–Crippen MR) is 104 cm³/mol. The lowest BCUT2D eigenvalue weighted by molar-refractivity contribution is 0.681. The molecule has 2 nitrogen and oxygen atoms in total. The van der Waals surface area contributed by atoms with Crippen LogP contribution in [-0.2, 0) is 6.42 Å². The maximum absolute atomic E-state index is 6.13. The molecule has 22 heavy (non-hydrogen) atoms. The fourth-order valence-electron chi connectivity index (χ4n) is 2.14. The Labute approximate surface area is 154 Å². The van der Waals surface area contributed by atoms with Gasteiger partial charge in [-0.05, 0) is 59.8 Å². The second kappa shape index (κ2) is 9.28. The molecule has 0 aliphatic rings. The van der Waals surface area contributed by atoms with Gasteiger partial charge in [-0.15, -0.1) is 11.3 Å². The van der Waals surface area contributed by atoms with E-state index in [9.17, 15) is 0 Å². The monoisotopic (exact) mass is 418 g/mol. The first kappa shape index (κ1) is 18.3. The van der Waals surface area contributed by atoms with Gasteiger partial charge in [0.05, 0.1) is 10.0 Å². The Hall–Kier alpha value is -0.0700. The normalized spacial score (nSPS) is 12.5. The largest absolute Gasteiger partial charge is 0.319 e. The zero-order valence-electron chi connectivity index (χ0n) is 12.7. The van der Waals surface area contributed by atoms with Crippen LogP contribution in [0.15, 0.2) is 28.9 Å². The van der Waals surface area contributed by atoms with Crippen molar-refractivity contribution >= 4 is 50.6 Å². The van der Waals surface area contributed by atoms with Crippen molar-refractivity contribution in [1.82, 2.24) is 10.3 Å². The summed E-state index contributed by atoms with van der Waals surface area (Å²) in [7, 11) is 2.00. The number of likely N-dealkylation sites (N-methyl/N-ethyl adjacent to an activating group) is 1. The third kappa shape index (κ3) is 5.53. The Kier molecular flexibility index (Phi) is 7.71. The third-order valence-corrected chi connectivity index (χ3v) is 6.72. The van der Waals surface area contributed by atoms with Crippen molar-refractivity contribution < 1.29 is 0 Å². The van der Waals surface area contributed by atoms with Crippen molar-refractivity contribution in [3.63, 3.8) is 0 Å². The molecule has 1 atom stereocenters. The molecule has 0 aliphatic heterocycles. The summed E-state index contributed by atoms with van der Waals surface area (Å²) in [5, 5.41) is 5.31. The van der Waals surface area contributed by atoms with E-state index < -0.39 is 0 Å². The highest BCUT2D eigenvalue weighted by Gasteiger charge is 2.14. The van der Waals surface area contributed by atoms with Gasteiger partial charge in [0.1, 0.15) is 0 Å². The third-order valence-electron chi connectivity index (χ3n) is 3.28. The van der Waals surface area contributed by atoms with Crippen molar-refractivity contribution in [2.45, 2.75) is 19.3 Å². The van der Waals surface area contributed by atoms with Crippen molar-refractivity contribution in [3.05, 3.63) is 49.3 Å². The fraction of sp³-hybridized carbons (Fsp3) is 0.438. The predicted octanol–water partition coefficient (Wildman–Crippen LogP) is 5.15. The molecule has 0 saturated carbocycles. The van der Waals surface area contributed by atoms with E-state index in [0.717, 1.165) is 34.0 Å². The number of thioether (sulfide) groups is 1. The number of thiazole rings is 1. The number of rotatable bonds is 8. The number of nitrogens with one attached hydrogen (secondary N) is 1. The van der Waals surface area contributed by atoms with Gasteiger partial charge in [0.2, 0.25) is 0 Å². The van der Waals surface area contributed by atoms with Crippen LogP contribution in [0.25, 0.3) is 0 Å². The molecule has 0 saturated heterocycles. The zero-order valence-corrected chi connectivity index (χ0v) is 16.7. The number of benzene rings is 1. The molecule has 0 amide bonds. The fourth-order valence-corrected chi connectivity index (χ4v) is 4.67.